The van der Waals surface area contributed by atoms with E-state index in [1.807, 2.05) is 30.9 Å². The van der Waals surface area contributed by atoms with E-state index in [-0.39, 0.29) is 0 Å². The molecule has 0 bridgehead atoms. The van der Waals surface area contributed by atoms with Gasteiger partial charge in [-0.05, 0) is 24.8 Å². The Bertz CT molecular complexity index is 522. The van der Waals surface area contributed by atoms with Crippen LogP contribution in [0.2, 0.25) is 0 Å². The summed E-state index contributed by atoms with van der Waals surface area (Å²) in [4.78, 5) is 15.4. The van der Waals surface area contributed by atoms with E-state index in [0.717, 1.165) is 25.5 Å². The molecule has 5 heteroatoms. The van der Waals surface area contributed by atoms with Crippen LogP contribution in [0, 0.1) is 5.92 Å². The highest BCUT2D eigenvalue weighted by Gasteiger charge is 2.22. The summed E-state index contributed by atoms with van der Waals surface area (Å²) < 4.78 is 2.11. The van der Waals surface area contributed by atoms with Gasteiger partial charge in [0.1, 0.15) is 5.82 Å². The van der Waals surface area contributed by atoms with Gasteiger partial charge in [-0.25, -0.2) is 15.0 Å². The first-order valence-electron chi connectivity index (χ1n) is 6.81. The van der Waals surface area contributed by atoms with Crippen molar-refractivity contribution in [3.63, 3.8) is 0 Å². The number of anilines is 1. The van der Waals surface area contributed by atoms with Crippen molar-refractivity contribution in [1.29, 1.82) is 0 Å². The van der Waals surface area contributed by atoms with Crippen LogP contribution in [0.4, 0.5) is 5.95 Å². The molecule has 5 nitrogen and oxygen atoms in total. The lowest BCUT2D eigenvalue weighted by Gasteiger charge is -2.32. The second-order valence-electron chi connectivity index (χ2n) is 5.16. The average Bonchev–Trinajstić information content (AvgIpc) is 2.86. The highest BCUT2D eigenvalue weighted by Crippen LogP contribution is 2.22. The quantitative estimate of drug-likeness (QED) is 0.839. The molecule has 0 N–H and O–H groups in total. The summed E-state index contributed by atoms with van der Waals surface area (Å²) in [5.74, 6) is 2.66. The summed E-state index contributed by atoms with van der Waals surface area (Å²) in [6, 6.07) is 1.86. The highest BCUT2D eigenvalue weighted by molar-refractivity contribution is 5.29. The largest absolute Gasteiger partial charge is 0.341 e. The maximum atomic E-state index is 4.42. The number of hydrogen-bond donors (Lipinski definition) is 0. The van der Waals surface area contributed by atoms with E-state index < -0.39 is 0 Å². The van der Waals surface area contributed by atoms with Crippen LogP contribution in [-0.4, -0.2) is 32.6 Å². The van der Waals surface area contributed by atoms with Crippen molar-refractivity contribution in [1.82, 2.24) is 19.5 Å². The van der Waals surface area contributed by atoms with E-state index in [4.69, 9.17) is 0 Å². The number of nitrogens with zero attached hydrogens (tertiary/aromatic N) is 5. The average molecular weight is 257 g/mol. The topological polar surface area (TPSA) is 46.8 Å². The minimum atomic E-state index is 0.638. The zero-order valence-corrected chi connectivity index (χ0v) is 11.2. The lowest BCUT2D eigenvalue weighted by molar-refractivity contribution is 0.399. The van der Waals surface area contributed by atoms with Crippen molar-refractivity contribution in [3.8, 4) is 0 Å². The SMILES string of the molecule is Cn1ccnc1CC1CCCN(c2ncccn2)C1. The van der Waals surface area contributed by atoms with Crippen molar-refractivity contribution < 1.29 is 0 Å². The van der Waals surface area contributed by atoms with E-state index in [1.165, 1.54) is 18.7 Å². The van der Waals surface area contributed by atoms with Crippen LogP contribution < -0.4 is 4.90 Å². The molecule has 2 aromatic rings. The number of piperidine rings is 1. The smallest absolute Gasteiger partial charge is 0.225 e. The summed E-state index contributed by atoms with van der Waals surface area (Å²) in [6.07, 6.45) is 11.0. The summed E-state index contributed by atoms with van der Waals surface area (Å²) in [6.45, 7) is 2.08. The second kappa shape index (κ2) is 5.38. The first-order valence-corrected chi connectivity index (χ1v) is 6.81. The van der Waals surface area contributed by atoms with Crippen LogP contribution in [0.25, 0.3) is 0 Å². The maximum absolute atomic E-state index is 4.42. The Kier molecular flexibility index (Phi) is 3.44. The first-order chi connectivity index (χ1) is 9.33. The second-order valence-corrected chi connectivity index (χ2v) is 5.16. The van der Waals surface area contributed by atoms with Gasteiger partial charge in [0.15, 0.2) is 0 Å². The van der Waals surface area contributed by atoms with Crippen LogP contribution in [0.3, 0.4) is 0 Å². The molecule has 0 spiro atoms. The van der Waals surface area contributed by atoms with Gasteiger partial charge in [0.2, 0.25) is 5.95 Å². The predicted molar refractivity (Wildman–Crippen MR) is 73.9 cm³/mol. The fraction of sp³-hybridized carbons (Fsp3) is 0.500. The molecular formula is C14H19N5. The molecular weight excluding hydrogens is 238 g/mol. The zero-order valence-electron chi connectivity index (χ0n) is 11.2. The number of imidazole rings is 1. The Morgan fingerprint density at radius 1 is 1.21 bits per heavy atom. The van der Waals surface area contributed by atoms with Gasteiger partial charge in [0.25, 0.3) is 0 Å². The number of aryl methyl sites for hydroxylation is 1. The van der Waals surface area contributed by atoms with Gasteiger partial charge in [-0.15, -0.1) is 0 Å². The fourth-order valence-electron chi connectivity index (χ4n) is 2.72. The molecule has 1 unspecified atom stereocenters. The summed E-state index contributed by atoms with van der Waals surface area (Å²) in [7, 11) is 2.06. The van der Waals surface area contributed by atoms with Gasteiger partial charge < -0.3 is 9.47 Å². The van der Waals surface area contributed by atoms with Gasteiger partial charge >= 0.3 is 0 Å². The van der Waals surface area contributed by atoms with Crippen molar-refractivity contribution in [2.45, 2.75) is 19.3 Å². The molecule has 1 atom stereocenters. The van der Waals surface area contributed by atoms with Crippen LogP contribution in [0.15, 0.2) is 30.9 Å². The molecule has 3 rings (SSSR count). The van der Waals surface area contributed by atoms with Gasteiger partial charge in [-0.2, -0.15) is 0 Å². The molecule has 1 aliphatic heterocycles. The van der Waals surface area contributed by atoms with Gasteiger partial charge in [0, 0.05) is 51.3 Å². The molecule has 0 saturated carbocycles. The molecule has 0 aromatic carbocycles. The molecule has 1 aliphatic rings. The maximum Gasteiger partial charge on any atom is 0.225 e. The van der Waals surface area contributed by atoms with Crippen molar-refractivity contribution in [2.24, 2.45) is 13.0 Å². The Morgan fingerprint density at radius 3 is 2.79 bits per heavy atom. The molecule has 3 heterocycles. The summed E-state index contributed by atoms with van der Waals surface area (Å²) in [5, 5.41) is 0. The summed E-state index contributed by atoms with van der Waals surface area (Å²) >= 11 is 0. The van der Waals surface area contributed by atoms with E-state index >= 15 is 0 Å². The highest BCUT2D eigenvalue weighted by atomic mass is 15.2. The molecule has 0 aliphatic carbocycles. The molecule has 0 radical (unpaired) electrons. The molecule has 100 valence electrons. The monoisotopic (exact) mass is 257 g/mol. The van der Waals surface area contributed by atoms with Crippen LogP contribution in [0.1, 0.15) is 18.7 Å². The summed E-state index contributed by atoms with van der Waals surface area (Å²) in [5.41, 5.74) is 0. The van der Waals surface area contributed by atoms with Gasteiger partial charge in [-0.1, -0.05) is 0 Å². The van der Waals surface area contributed by atoms with E-state index in [2.05, 4.69) is 31.5 Å². The Balaban J connectivity index is 1.67. The third-order valence-electron chi connectivity index (χ3n) is 3.75. The minimum absolute atomic E-state index is 0.638. The molecule has 19 heavy (non-hydrogen) atoms. The number of rotatable bonds is 3. The van der Waals surface area contributed by atoms with Gasteiger partial charge in [0.05, 0.1) is 0 Å². The third kappa shape index (κ3) is 2.75. The first kappa shape index (κ1) is 12.1. The Labute approximate surface area is 113 Å². The molecule has 1 saturated heterocycles. The lowest BCUT2D eigenvalue weighted by atomic mass is 9.94. The number of aromatic nitrogens is 4. The van der Waals surface area contributed by atoms with E-state index in [9.17, 15) is 0 Å². The fourth-order valence-corrected chi connectivity index (χ4v) is 2.72. The van der Waals surface area contributed by atoms with Crippen molar-refractivity contribution in [3.05, 3.63) is 36.7 Å². The third-order valence-corrected chi connectivity index (χ3v) is 3.75. The van der Waals surface area contributed by atoms with E-state index in [1.54, 1.807) is 0 Å². The van der Waals surface area contributed by atoms with Gasteiger partial charge in [-0.3, -0.25) is 0 Å². The lowest BCUT2D eigenvalue weighted by Crippen LogP contribution is -2.37. The standard InChI is InChI=1S/C14H19N5/c1-18-9-7-15-13(18)10-12-4-2-8-19(11-12)14-16-5-3-6-17-14/h3,5-7,9,12H,2,4,8,10-11H2,1H3. The number of hydrogen-bond acceptors (Lipinski definition) is 4. The predicted octanol–water partition coefficient (Wildman–Crippen LogP) is 1.67. The zero-order chi connectivity index (χ0) is 13.1. The molecule has 1 fully saturated rings. The Hall–Kier alpha value is -1.91. The van der Waals surface area contributed by atoms with Crippen LogP contribution in [0.5, 0.6) is 0 Å². The normalized spacial score (nSPS) is 19.6. The molecule has 0 amide bonds. The van der Waals surface area contributed by atoms with Crippen molar-refractivity contribution >= 4 is 5.95 Å². The van der Waals surface area contributed by atoms with Crippen LogP contribution >= 0.6 is 0 Å². The van der Waals surface area contributed by atoms with Crippen LogP contribution in [-0.2, 0) is 13.5 Å². The van der Waals surface area contributed by atoms with Crippen molar-refractivity contribution in [2.75, 3.05) is 18.0 Å². The molecule has 2 aromatic heterocycles. The Morgan fingerprint density at radius 2 is 2.05 bits per heavy atom. The minimum Gasteiger partial charge on any atom is -0.341 e. The van der Waals surface area contributed by atoms with E-state index in [0.29, 0.717) is 5.92 Å².